The first-order valence-electron chi connectivity index (χ1n) is 9.74. The number of nitrogens with one attached hydrogen (secondary N) is 2. The molecule has 0 bridgehead atoms. The van der Waals surface area contributed by atoms with Crippen molar-refractivity contribution in [2.75, 3.05) is 11.9 Å². The lowest BCUT2D eigenvalue weighted by molar-refractivity contribution is 0.251. The summed E-state index contributed by atoms with van der Waals surface area (Å²) < 4.78 is 2.10. The topological polar surface area (TPSA) is 84.7 Å². The Kier molecular flexibility index (Phi) is 4.48. The smallest absolute Gasteiger partial charge is 0.319 e. The average Bonchev–Trinajstić information content (AvgIpc) is 3.34. The van der Waals surface area contributed by atoms with Gasteiger partial charge in [0.1, 0.15) is 0 Å². The molecule has 5 rings (SSSR count). The molecule has 2 amide bonds. The van der Waals surface area contributed by atoms with Gasteiger partial charge in [-0.15, -0.1) is 0 Å². The number of pyridine rings is 2. The normalized spacial score (nSPS) is 14.1. The minimum atomic E-state index is -0.265. The summed E-state index contributed by atoms with van der Waals surface area (Å²) in [5.74, 6) is 0. The third kappa shape index (κ3) is 3.20. The fraction of sp³-hybridized carbons (Fsp3) is 0.130. The molecule has 3 aromatic heterocycles. The van der Waals surface area contributed by atoms with Gasteiger partial charge in [-0.25, -0.2) is 9.78 Å². The van der Waals surface area contributed by atoms with Gasteiger partial charge in [-0.3, -0.25) is 9.97 Å². The predicted molar refractivity (Wildman–Crippen MR) is 115 cm³/mol. The summed E-state index contributed by atoms with van der Waals surface area (Å²) in [5.41, 5.74) is 6.92. The van der Waals surface area contributed by atoms with E-state index in [0.29, 0.717) is 12.2 Å². The Labute approximate surface area is 173 Å². The number of hydrogen-bond acceptors (Lipinski definition) is 4. The molecular formula is C23H20N6O. The van der Waals surface area contributed by atoms with E-state index in [1.54, 1.807) is 18.6 Å². The number of rotatable bonds is 4. The number of aryl methyl sites for hydroxylation is 1. The first-order chi connectivity index (χ1) is 14.7. The second-order valence-electron chi connectivity index (χ2n) is 7.25. The molecule has 1 unspecified atom stereocenters. The third-order valence-electron chi connectivity index (χ3n) is 5.34. The molecule has 0 fully saturated rings. The first kappa shape index (κ1) is 18.1. The van der Waals surface area contributed by atoms with Gasteiger partial charge in [-0.2, -0.15) is 0 Å². The Hall–Kier alpha value is -4.00. The van der Waals surface area contributed by atoms with Crippen molar-refractivity contribution in [3.05, 3.63) is 84.7 Å². The lowest BCUT2D eigenvalue weighted by Crippen LogP contribution is -2.33. The van der Waals surface area contributed by atoms with Crippen molar-refractivity contribution in [1.29, 1.82) is 0 Å². The molecule has 0 saturated carbocycles. The summed E-state index contributed by atoms with van der Waals surface area (Å²) in [6, 6.07) is 13.7. The number of hydrogen-bond donors (Lipinski definition) is 2. The molecule has 30 heavy (non-hydrogen) atoms. The maximum atomic E-state index is 12.5. The van der Waals surface area contributed by atoms with Crippen LogP contribution >= 0.6 is 0 Å². The van der Waals surface area contributed by atoms with E-state index in [1.807, 2.05) is 49.8 Å². The number of benzene rings is 1. The molecule has 0 spiro atoms. The molecule has 1 atom stereocenters. The second kappa shape index (κ2) is 7.44. The molecule has 4 heterocycles. The van der Waals surface area contributed by atoms with Crippen LogP contribution in [0.15, 0.2) is 73.6 Å². The van der Waals surface area contributed by atoms with Crippen LogP contribution in [0.5, 0.6) is 0 Å². The number of aromatic nitrogens is 4. The highest BCUT2D eigenvalue weighted by Gasteiger charge is 2.28. The van der Waals surface area contributed by atoms with Crippen molar-refractivity contribution >= 4 is 11.7 Å². The molecule has 1 aliphatic rings. The van der Waals surface area contributed by atoms with Crippen molar-refractivity contribution in [2.45, 2.75) is 13.0 Å². The first-order valence-corrected chi connectivity index (χ1v) is 9.74. The molecule has 1 aromatic carbocycles. The van der Waals surface area contributed by atoms with Crippen LogP contribution in [0.2, 0.25) is 0 Å². The fourth-order valence-electron chi connectivity index (χ4n) is 3.96. The molecule has 2 N–H and O–H groups in total. The summed E-state index contributed by atoms with van der Waals surface area (Å²) in [5, 5.41) is 5.85. The molecule has 7 nitrogen and oxygen atoms in total. The van der Waals surface area contributed by atoms with Crippen molar-refractivity contribution in [3.63, 3.8) is 0 Å². The number of carbonyl (C=O) groups excluding carboxylic acids is 1. The van der Waals surface area contributed by atoms with Gasteiger partial charge in [0, 0.05) is 30.1 Å². The minimum absolute atomic E-state index is 0.0263. The van der Waals surface area contributed by atoms with Crippen molar-refractivity contribution < 1.29 is 4.79 Å². The number of urea groups is 1. The van der Waals surface area contributed by atoms with Gasteiger partial charge in [-0.1, -0.05) is 24.3 Å². The zero-order valence-corrected chi connectivity index (χ0v) is 16.4. The quantitative estimate of drug-likeness (QED) is 0.545. The summed E-state index contributed by atoms with van der Waals surface area (Å²) in [4.78, 5) is 25.3. The van der Waals surface area contributed by atoms with Gasteiger partial charge >= 0.3 is 6.03 Å². The molecule has 7 heteroatoms. The zero-order chi connectivity index (χ0) is 20.5. The SMILES string of the molecule is Cc1cc(NC(=O)NCC2c3ccccc3-c3cncn32)cnc1-c1ccncc1. The Balaban J connectivity index is 1.27. The largest absolute Gasteiger partial charge is 0.335 e. The van der Waals surface area contributed by atoms with E-state index in [0.717, 1.165) is 28.1 Å². The number of anilines is 1. The maximum absolute atomic E-state index is 12.5. The van der Waals surface area contributed by atoms with E-state index in [4.69, 9.17) is 0 Å². The summed E-state index contributed by atoms with van der Waals surface area (Å²) in [6.07, 6.45) is 8.81. The Bertz CT molecular complexity index is 1220. The Morgan fingerprint density at radius 3 is 2.77 bits per heavy atom. The summed E-state index contributed by atoms with van der Waals surface area (Å²) in [6.45, 7) is 2.44. The van der Waals surface area contributed by atoms with Gasteiger partial charge < -0.3 is 15.2 Å². The van der Waals surface area contributed by atoms with Crippen LogP contribution in [0.1, 0.15) is 17.2 Å². The molecular weight excluding hydrogens is 376 g/mol. The van der Waals surface area contributed by atoms with Crippen molar-refractivity contribution in [3.8, 4) is 22.5 Å². The van der Waals surface area contributed by atoms with E-state index in [1.165, 1.54) is 5.56 Å². The van der Waals surface area contributed by atoms with Gasteiger partial charge in [0.2, 0.25) is 0 Å². The number of amides is 2. The lowest BCUT2D eigenvalue weighted by Gasteiger charge is -2.16. The van der Waals surface area contributed by atoms with E-state index >= 15 is 0 Å². The summed E-state index contributed by atoms with van der Waals surface area (Å²) in [7, 11) is 0. The molecule has 0 saturated heterocycles. The number of fused-ring (bicyclic) bond motifs is 3. The van der Waals surface area contributed by atoms with E-state index in [9.17, 15) is 4.79 Å². The van der Waals surface area contributed by atoms with Gasteiger partial charge in [0.05, 0.1) is 41.8 Å². The highest BCUT2D eigenvalue weighted by Crippen LogP contribution is 2.38. The minimum Gasteiger partial charge on any atom is -0.335 e. The van der Waals surface area contributed by atoms with E-state index in [2.05, 4.69) is 42.3 Å². The van der Waals surface area contributed by atoms with Gasteiger partial charge in [0.15, 0.2) is 0 Å². The van der Waals surface area contributed by atoms with Crippen LogP contribution < -0.4 is 10.6 Å². The van der Waals surface area contributed by atoms with Crippen LogP contribution in [-0.2, 0) is 0 Å². The Morgan fingerprint density at radius 2 is 1.93 bits per heavy atom. The standard InChI is InChI=1S/C23H20N6O/c1-15-10-17(11-26-22(15)16-6-8-24-9-7-16)28-23(30)27-13-21-19-5-3-2-4-18(19)20-12-25-14-29(20)21/h2-12,14,21H,13H2,1H3,(H2,27,28,30). The zero-order valence-electron chi connectivity index (χ0n) is 16.4. The summed E-state index contributed by atoms with van der Waals surface area (Å²) >= 11 is 0. The fourth-order valence-corrected chi connectivity index (χ4v) is 3.96. The van der Waals surface area contributed by atoms with Crippen molar-refractivity contribution in [1.82, 2.24) is 24.8 Å². The lowest BCUT2D eigenvalue weighted by atomic mass is 10.0. The average molecular weight is 396 g/mol. The highest BCUT2D eigenvalue weighted by atomic mass is 16.2. The van der Waals surface area contributed by atoms with Crippen LogP contribution in [0, 0.1) is 6.92 Å². The van der Waals surface area contributed by atoms with Gasteiger partial charge in [0.25, 0.3) is 0 Å². The number of imidazole rings is 1. The molecule has 4 aromatic rings. The van der Waals surface area contributed by atoms with E-state index < -0.39 is 0 Å². The highest BCUT2D eigenvalue weighted by molar-refractivity contribution is 5.89. The van der Waals surface area contributed by atoms with Gasteiger partial charge in [-0.05, 0) is 36.2 Å². The molecule has 1 aliphatic heterocycles. The maximum Gasteiger partial charge on any atom is 0.319 e. The van der Waals surface area contributed by atoms with E-state index in [-0.39, 0.29) is 12.1 Å². The van der Waals surface area contributed by atoms with Crippen LogP contribution in [0.4, 0.5) is 10.5 Å². The predicted octanol–water partition coefficient (Wildman–Crippen LogP) is 4.04. The van der Waals surface area contributed by atoms with Crippen LogP contribution in [0.25, 0.3) is 22.5 Å². The monoisotopic (exact) mass is 396 g/mol. The van der Waals surface area contributed by atoms with Crippen LogP contribution in [-0.4, -0.2) is 32.1 Å². The number of carbonyl (C=O) groups is 1. The molecule has 0 aliphatic carbocycles. The van der Waals surface area contributed by atoms with Crippen LogP contribution in [0.3, 0.4) is 0 Å². The molecule has 148 valence electrons. The Morgan fingerprint density at radius 1 is 1.10 bits per heavy atom. The van der Waals surface area contributed by atoms with Crippen molar-refractivity contribution in [2.24, 2.45) is 0 Å². The molecule has 0 radical (unpaired) electrons. The third-order valence-corrected chi connectivity index (χ3v) is 5.34. The number of nitrogens with zero attached hydrogens (tertiary/aromatic N) is 4. The second-order valence-corrected chi connectivity index (χ2v) is 7.25.